The third-order valence-corrected chi connectivity index (χ3v) is 4.06. The number of halogens is 1. The van der Waals surface area contributed by atoms with Gasteiger partial charge in [-0.25, -0.2) is 0 Å². The van der Waals surface area contributed by atoms with Gasteiger partial charge in [0.2, 0.25) is 0 Å². The van der Waals surface area contributed by atoms with Crippen molar-refractivity contribution >= 4 is 23.2 Å². The molecule has 118 valence electrons. The Morgan fingerprint density at radius 1 is 1.22 bits per heavy atom. The molecule has 2 aromatic carbocycles. The van der Waals surface area contributed by atoms with Gasteiger partial charge in [-0.1, -0.05) is 23.7 Å². The van der Waals surface area contributed by atoms with Gasteiger partial charge in [-0.05, 0) is 43.3 Å². The van der Waals surface area contributed by atoms with Crippen LogP contribution in [0.5, 0.6) is 0 Å². The van der Waals surface area contributed by atoms with Crippen LogP contribution in [0, 0.1) is 11.3 Å². The molecule has 5 heteroatoms. The molecule has 0 spiro atoms. The number of hydrogen-bond donors (Lipinski definition) is 2. The summed E-state index contributed by atoms with van der Waals surface area (Å²) in [6, 6.07) is 16.3. The highest BCUT2D eigenvalue weighted by Crippen LogP contribution is 2.10. The molecular weight excluding hydrogens is 310 g/mol. The maximum atomic E-state index is 12.3. The lowest BCUT2D eigenvalue weighted by Crippen LogP contribution is -3.12. The van der Waals surface area contributed by atoms with Crippen LogP contribution < -0.4 is 10.2 Å². The van der Waals surface area contributed by atoms with Gasteiger partial charge >= 0.3 is 0 Å². The second kappa shape index (κ2) is 7.77. The van der Waals surface area contributed by atoms with E-state index in [2.05, 4.69) is 11.4 Å². The highest BCUT2D eigenvalue weighted by atomic mass is 35.5. The minimum Gasteiger partial charge on any atom is -0.324 e. The molecule has 2 rings (SSSR count). The monoisotopic (exact) mass is 328 g/mol. The van der Waals surface area contributed by atoms with Crippen molar-refractivity contribution in [2.75, 3.05) is 12.4 Å². The number of quaternary nitrogens is 1. The van der Waals surface area contributed by atoms with E-state index in [1.165, 1.54) is 0 Å². The van der Waals surface area contributed by atoms with Crippen LogP contribution in [-0.4, -0.2) is 19.0 Å². The van der Waals surface area contributed by atoms with Gasteiger partial charge in [-0.15, -0.1) is 0 Å². The molecule has 1 unspecified atom stereocenters. The largest absolute Gasteiger partial charge is 0.324 e. The van der Waals surface area contributed by atoms with E-state index in [0.717, 1.165) is 17.0 Å². The van der Waals surface area contributed by atoms with Crippen molar-refractivity contribution < 1.29 is 9.69 Å². The summed E-state index contributed by atoms with van der Waals surface area (Å²) in [5.74, 6) is -0.0545. The van der Waals surface area contributed by atoms with Crippen LogP contribution in [0.1, 0.15) is 18.1 Å². The molecule has 0 bridgehead atoms. The summed E-state index contributed by atoms with van der Waals surface area (Å²) in [6.07, 6.45) is 0. The number of nitrogens with one attached hydrogen (secondary N) is 2. The number of nitriles is 1. The van der Waals surface area contributed by atoms with E-state index in [4.69, 9.17) is 16.9 Å². The highest BCUT2D eigenvalue weighted by molar-refractivity contribution is 6.30. The van der Waals surface area contributed by atoms with Crippen molar-refractivity contribution in [3.05, 3.63) is 64.7 Å². The second-order valence-corrected chi connectivity index (χ2v) is 5.99. The first-order valence-corrected chi connectivity index (χ1v) is 7.75. The summed E-state index contributed by atoms with van der Waals surface area (Å²) < 4.78 is 0. The zero-order valence-corrected chi connectivity index (χ0v) is 13.9. The number of carbonyl (C=O) groups excluding carboxylic acids is 1. The molecule has 0 saturated heterocycles. The normalized spacial score (nSPS) is 13.0. The van der Waals surface area contributed by atoms with E-state index >= 15 is 0 Å². The predicted octanol–water partition coefficient (Wildman–Crippen LogP) is 2.25. The van der Waals surface area contributed by atoms with Crippen molar-refractivity contribution in [3.8, 4) is 6.07 Å². The number of hydrogen-bond acceptors (Lipinski definition) is 2. The first-order chi connectivity index (χ1) is 11.0. The Morgan fingerprint density at radius 2 is 1.83 bits per heavy atom. The molecule has 0 aliphatic carbocycles. The fourth-order valence-corrected chi connectivity index (χ4v) is 2.31. The van der Waals surface area contributed by atoms with Gasteiger partial charge in [0.05, 0.1) is 18.7 Å². The Bertz CT molecular complexity index is 705. The standard InChI is InChI=1S/C18H18ClN3O/c1-13(22(2)12-15-3-7-16(19)8-4-15)18(23)21-17-9-5-14(11-20)6-10-17/h3-10,13H,12H2,1-2H3,(H,21,23)/p+1/t13-/m0/s1. The Labute approximate surface area is 141 Å². The number of carbonyl (C=O) groups is 1. The lowest BCUT2D eigenvalue weighted by molar-refractivity contribution is -0.907. The van der Waals surface area contributed by atoms with E-state index in [9.17, 15) is 4.79 Å². The molecule has 2 N–H and O–H groups in total. The molecule has 23 heavy (non-hydrogen) atoms. The molecular formula is C18H19ClN3O+. The summed E-state index contributed by atoms with van der Waals surface area (Å²) >= 11 is 5.88. The summed E-state index contributed by atoms with van der Waals surface area (Å²) in [7, 11) is 1.98. The van der Waals surface area contributed by atoms with Crippen molar-refractivity contribution in [3.63, 3.8) is 0 Å². The van der Waals surface area contributed by atoms with Gasteiger partial charge in [0, 0.05) is 16.3 Å². The molecule has 2 atom stereocenters. The fraction of sp³-hybridized carbons (Fsp3) is 0.222. The van der Waals surface area contributed by atoms with Crippen LogP contribution in [0.4, 0.5) is 5.69 Å². The highest BCUT2D eigenvalue weighted by Gasteiger charge is 2.22. The molecule has 4 nitrogen and oxygen atoms in total. The zero-order valence-electron chi connectivity index (χ0n) is 13.1. The molecule has 0 aliphatic rings. The molecule has 0 heterocycles. The Hall–Kier alpha value is -2.35. The van der Waals surface area contributed by atoms with Crippen LogP contribution in [0.3, 0.4) is 0 Å². The van der Waals surface area contributed by atoms with Crippen molar-refractivity contribution in [1.29, 1.82) is 5.26 Å². The Kier molecular flexibility index (Phi) is 5.75. The van der Waals surface area contributed by atoms with Gasteiger partial charge in [0.1, 0.15) is 6.54 Å². The second-order valence-electron chi connectivity index (χ2n) is 5.55. The van der Waals surface area contributed by atoms with Gasteiger partial charge < -0.3 is 10.2 Å². The molecule has 0 aliphatic heterocycles. The number of rotatable bonds is 5. The van der Waals surface area contributed by atoms with Gasteiger partial charge in [-0.2, -0.15) is 5.26 Å². The maximum Gasteiger partial charge on any atom is 0.282 e. The zero-order chi connectivity index (χ0) is 16.8. The minimum atomic E-state index is -0.207. The van der Waals surface area contributed by atoms with Crippen LogP contribution >= 0.6 is 11.6 Å². The minimum absolute atomic E-state index is 0.0545. The summed E-state index contributed by atoms with van der Waals surface area (Å²) in [6.45, 7) is 2.63. The van der Waals surface area contributed by atoms with Crippen LogP contribution in [0.25, 0.3) is 0 Å². The molecule has 0 aromatic heterocycles. The average molecular weight is 329 g/mol. The Balaban J connectivity index is 1.95. The fourth-order valence-electron chi connectivity index (χ4n) is 2.18. The predicted molar refractivity (Wildman–Crippen MR) is 91.3 cm³/mol. The Morgan fingerprint density at radius 3 is 2.39 bits per heavy atom. The van der Waals surface area contributed by atoms with Crippen LogP contribution in [0.15, 0.2) is 48.5 Å². The molecule has 1 amide bonds. The van der Waals surface area contributed by atoms with Crippen molar-refractivity contribution in [2.45, 2.75) is 19.5 Å². The number of benzene rings is 2. The van der Waals surface area contributed by atoms with E-state index in [-0.39, 0.29) is 11.9 Å². The number of nitrogens with zero attached hydrogens (tertiary/aromatic N) is 1. The van der Waals surface area contributed by atoms with E-state index in [1.807, 2.05) is 38.2 Å². The SMILES string of the molecule is C[C@@H](C(=O)Nc1ccc(C#N)cc1)[NH+](C)Cc1ccc(Cl)cc1. The lowest BCUT2D eigenvalue weighted by Gasteiger charge is -2.21. The molecule has 0 radical (unpaired) electrons. The van der Waals surface area contributed by atoms with Gasteiger partial charge in [0.15, 0.2) is 6.04 Å². The number of amides is 1. The molecule has 2 aromatic rings. The van der Waals surface area contributed by atoms with Crippen LogP contribution in [-0.2, 0) is 11.3 Å². The topological polar surface area (TPSA) is 57.3 Å². The van der Waals surface area contributed by atoms with Gasteiger partial charge in [0.25, 0.3) is 5.91 Å². The van der Waals surface area contributed by atoms with E-state index in [0.29, 0.717) is 16.3 Å². The third-order valence-electron chi connectivity index (χ3n) is 3.81. The van der Waals surface area contributed by atoms with E-state index in [1.54, 1.807) is 24.3 Å². The van der Waals surface area contributed by atoms with Crippen molar-refractivity contribution in [2.24, 2.45) is 0 Å². The first-order valence-electron chi connectivity index (χ1n) is 7.37. The first kappa shape index (κ1) is 17.0. The lowest BCUT2D eigenvalue weighted by atomic mass is 10.1. The summed E-state index contributed by atoms with van der Waals surface area (Å²) in [5.41, 5.74) is 2.39. The molecule has 0 saturated carbocycles. The smallest absolute Gasteiger partial charge is 0.282 e. The third kappa shape index (κ3) is 4.82. The number of anilines is 1. The average Bonchev–Trinajstić information content (AvgIpc) is 2.56. The van der Waals surface area contributed by atoms with Crippen molar-refractivity contribution in [1.82, 2.24) is 0 Å². The number of likely N-dealkylation sites (N-methyl/N-ethyl adjacent to an activating group) is 1. The summed E-state index contributed by atoms with van der Waals surface area (Å²) in [5, 5.41) is 12.4. The van der Waals surface area contributed by atoms with E-state index < -0.39 is 0 Å². The maximum absolute atomic E-state index is 12.3. The summed E-state index contributed by atoms with van der Waals surface area (Å²) in [4.78, 5) is 13.4. The van der Waals surface area contributed by atoms with Gasteiger partial charge in [-0.3, -0.25) is 4.79 Å². The molecule has 0 fully saturated rings. The quantitative estimate of drug-likeness (QED) is 0.884. The van der Waals surface area contributed by atoms with Crippen LogP contribution in [0.2, 0.25) is 5.02 Å².